The largest absolute Gasteiger partial charge is 0.375 e. The number of nitrogens with two attached hydrogens (primary N) is 1. The van der Waals surface area contributed by atoms with Crippen LogP contribution in [0.1, 0.15) is 17.4 Å². The number of guanidine groups is 1. The second kappa shape index (κ2) is 11.2. The Morgan fingerprint density at radius 2 is 2.04 bits per heavy atom. The predicted octanol–water partition coefficient (Wildman–Crippen LogP) is 3.19. The molecule has 5 nitrogen and oxygen atoms in total. The fourth-order valence-corrected chi connectivity index (χ4v) is 2.40. The van der Waals surface area contributed by atoms with Crippen LogP contribution in [0.15, 0.2) is 53.7 Å². The lowest BCUT2D eigenvalue weighted by Crippen LogP contribution is -2.33. The van der Waals surface area contributed by atoms with Gasteiger partial charge in [-0.2, -0.15) is 0 Å². The Labute approximate surface area is 164 Å². The van der Waals surface area contributed by atoms with Gasteiger partial charge < -0.3 is 15.8 Å². The Kier molecular flexibility index (Phi) is 9.66. The van der Waals surface area contributed by atoms with Crippen molar-refractivity contribution in [1.82, 2.24) is 10.3 Å². The number of nitrogens with one attached hydrogen (secondary N) is 1. The molecule has 0 aliphatic rings. The first-order valence-corrected chi connectivity index (χ1v) is 7.79. The Morgan fingerprint density at radius 1 is 1.29 bits per heavy atom. The summed E-state index contributed by atoms with van der Waals surface area (Å²) in [6.45, 7) is 1.08. The number of rotatable bonds is 7. The van der Waals surface area contributed by atoms with Crippen LogP contribution in [0, 0.1) is 0 Å². The van der Waals surface area contributed by atoms with Gasteiger partial charge in [0.05, 0.1) is 6.54 Å². The average Bonchev–Trinajstić information content (AvgIpc) is 2.58. The van der Waals surface area contributed by atoms with E-state index in [-0.39, 0.29) is 30.1 Å². The minimum Gasteiger partial charge on any atom is -0.375 e. The third-order valence-corrected chi connectivity index (χ3v) is 3.72. The van der Waals surface area contributed by atoms with E-state index in [1.807, 2.05) is 42.5 Å². The van der Waals surface area contributed by atoms with Crippen LogP contribution in [0.3, 0.4) is 0 Å². The quantitative estimate of drug-likeness (QED) is 0.378. The first-order chi connectivity index (χ1) is 11.2. The van der Waals surface area contributed by atoms with Crippen molar-refractivity contribution < 1.29 is 4.74 Å². The molecule has 0 bridgehead atoms. The highest BCUT2D eigenvalue weighted by Gasteiger charge is 2.13. The van der Waals surface area contributed by atoms with Crippen molar-refractivity contribution in [2.24, 2.45) is 10.7 Å². The van der Waals surface area contributed by atoms with Gasteiger partial charge in [0.25, 0.3) is 0 Å². The molecule has 0 spiro atoms. The summed E-state index contributed by atoms with van der Waals surface area (Å²) >= 11 is 6.18. The smallest absolute Gasteiger partial charge is 0.188 e. The molecule has 24 heavy (non-hydrogen) atoms. The number of pyridine rings is 1. The fourth-order valence-electron chi connectivity index (χ4n) is 2.14. The topological polar surface area (TPSA) is 72.5 Å². The molecule has 0 fully saturated rings. The maximum absolute atomic E-state index is 6.18. The zero-order valence-electron chi connectivity index (χ0n) is 13.5. The van der Waals surface area contributed by atoms with Crippen LogP contribution in [0.5, 0.6) is 0 Å². The third-order valence-electron chi connectivity index (χ3n) is 3.38. The van der Waals surface area contributed by atoms with Crippen LogP contribution in [-0.2, 0) is 11.2 Å². The van der Waals surface area contributed by atoms with Gasteiger partial charge in [-0.15, -0.1) is 24.0 Å². The average molecular weight is 461 g/mol. The molecule has 2 rings (SSSR count). The molecule has 0 saturated heterocycles. The predicted molar refractivity (Wildman–Crippen MR) is 109 cm³/mol. The summed E-state index contributed by atoms with van der Waals surface area (Å²) in [6, 6.07) is 13.4. The molecule has 1 aromatic carbocycles. The highest BCUT2D eigenvalue weighted by Crippen LogP contribution is 2.25. The lowest BCUT2D eigenvalue weighted by Gasteiger charge is -2.15. The molecule has 0 aliphatic carbocycles. The van der Waals surface area contributed by atoms with E-state index in [9.17, 15) is 0 Å². The lowest BCUT2D eigenvalue weighted by molar-refractivity contribution is 0.111. The molecule has 130 valence electrons. The zero-order chi connectivity index (χ0) is 16.5. The SMILES string of the molecule is COC(CN=C(N)NCCc1ccccn1)c1ccccc1Cl.I. The molecule has 0 radical (unpaired) electrons. The molecule has 0 amide bonds. The summed E-state index contributed by atoms with van der Waals surface area (Å²) in [5, 5.41) is 3.74. The lowest BCUT2D eigenvalue weighted by atomic mass is 10.1. The van der Waals surface area contributed by atoms with E-state index < -0.39 is 0 Å². The van der Waals surface area contributed by atoms with Gasteiger partial charge in [-0.05, 0) is 18.2 Å². The Morgan fingerprint density at radius 3 is 2.71 bits per heavy atom. The first kappa shape index (κ1) is 20.7. The molecule has 0 aliphatic heterocycles. The first-order valence-electron chi connectivity index (χ1n) is 7.41. The van der Waals surface area contributed by atoms with E-state index in [2.05, 4.69) is 15.3 Å². The highest BCUT2D eigenvalue weighted by molar-refractivity contribution is 14.0. The Balaban J connectivity index is 0.00000288. The third kappa shape index (κ3) is 6.62. The van der Waals surface area contributed by atoms with E-state index >= 15 is 0 Å². The summed E-state index contributed by atoms with van der Waals surface area (Å²) < 4.78 is 5.46. The Bertz CT molecular complexity index is 639. The van der Waals surface area contributed by atoms with Gasteiger partial charge in [0.1, 0.15) is 6.10 Å². The number of nitrogens with zero attached hydrogens (tertiary/aromatic N) is 2. The maximum Gasteiger partial charge on any atom is 0.188 e. The van der Waals surface area contributed by atoms with Crippen LogP contribution in [0.4, 0.5) is 0 Å². The van der Waals surface area contributed by atoms with Gasteiger partial charge >= 0.3 is 0 Å². The highest BCUT2D eigenvalue weighted by atomic mass is 127. The number of aromatic nitrogens is 1. The normalized spacial score (nSPS) is 12.3. The number of methoxy groups -OCH3 is 1. The summed E-state index contributed by atoms with van der Waals surface area (Å²) in [5.74, 6) is 0.384. The van der Waals surface area contributed by atoms with E-state index in [4.69, 9.17) is 22.1 Å². The van der Waals surface area contributed by atoms with Crippen molar-refractivity contribution in [2.75, 3.05) is 20.2 Å². The minimum absolute atomic E-state index is 0. The molecule has 2 aromatic rings. The van der Waals surface area contributed by atoms with Crippen molar-refractivity contribution in [1.29, 1.82) is 0 Å². The van der Waals surface area contributed by atoms with Gasteiger partial charge in [0.2, 0.25) is 0 Å². The van der Waals surface area contributed by atoms with Gasteiger partial charge in [-0.1, -0.05) is 35.9 Å². The molecule has 1 aromatic heterocycles. The van der Waals surface area contributed by atoms with Gasteiger partial charge in [0.15, 0.2) is 5.96 Å². The fraction of sp³-hybridized carbons (Fsp3) is 0.294. The van der Waals surface area contributed by atoms with Gasteiger partial charge in [-0.3, -0.25) is 9.98 Å². The number of halogens is 2. The molecular formula is C17H22ClIN4O. The van der Waals surface area contributed by atoms with Gasteiger partial charge in [-0.25, -0.2) is 0 Å². The van der Waals surface area contributed by atoms with Crippen molar-refractivity contribution in [3.63, 3.8) is 0 Å². The second-order valence-electron chi connectivity index (χ2n) is 4.97. The van der Waals surface area contributed by atoms with Crippen molar-refractivity contribution >= 4 is 41.5 Å². The van der Waals surface area contributed by atoms with E-state index in [1.54, 1.807) is 13.3 Å². The van der Waals surface area contributed by atoms with Crippen LogP contribution < -0.4 is 11.1 Å². The number of ether oxygens (including phenoxy) is 1. The zero-order valence-corrected chi connectivity index (χ0v) is 16.6. The summed E-state index contributed by atoms with van der Waals surface area (Å²) in [6.07, 6.45) is 2.34. The number of hydrogen-bond acceptors (Lipinski definition) is 3. The van der Waals surface area contributed by atoms with Crippen molar-refractivity contribution in [3.05, 3.63) is 64.9 Å². The summed E-state index contributed by atoms with van der Waals surface area (Å²) in [7, 11) is 1.63. The van der Waals surface area contributed by atoms with E-state index in [0.29, 0.717) is 24.1 Å². The van der Waals surface area contributed by atoms with Crippen molar-refractivity contribution in [3.8, 4) is 0 Å². The molecule has 0 saturated carbocycles. The van der Waals surface area contributed by atoms with Gasteiger partial charge in [0, 0.05) is 42.6 Å². The molecule has 7 heteroatoms. The van der Waals surface area contributed by atoms with Crippen molar-refractivity contribution in [2.45, 2.75) is 12.5 Å². The number of benzene rings is 1. The van der Waals surface area contributed by atoms with E-state index in [0.717, 1.165) is 17.7 Å². The van der Waals surface area contributed by atoms with Crippen LogP contribution in [-0.4, -0.2) is 31.1 Å². The molecule has 1 heterocycles. The van der Waals surface area contributed by atoms with E-state index in [1.165, 1.54) is 0 Å². The Hall–Kier alpha value is -1.38. The van der Waals surface area contributed by atoms with Crippen LogP contribution in [0.25, 0.3) is 0 Å². The molecular weight excluding hydrogens is 439 g/mol. The molecule has 3 N–H and O–H groups in total. The summed E-state index contributed by atoms with van der Waals surface area (Å²) in [4.78, 5) is 8.58. The second-order valence-corrected chi connectivity index (χ2v) is 5.38. The number of hydrogen-bond donors (Lipinski definition) is 2. The van der Waals surface area contributed by atoms with Crippen LogP contribution >= 0.6 is 35.6 Å². The standard InChI is InChI=1S/C17H21ClN4O.HI/c1-23-16(14-7-2-3-8-15(14)18)12-22-17(19)21-11-9-13-6-4-5-10-20-13;/h2-8,10,16H,9,11-12H2,1H3,(H3,19,21,22);1H. The molecule has 1 atom stereocenters. The maximum atomic E-state index is 6.18. The van der Waals surface area contributed by atoms with Crippen LogP contribution in [0.2, 0.25) is 5.02 Å². The summed E-state index contributed by atoms with van der Waals surface area (Å²) in [5.41, 5.74) is 7.80. The minimum atomic E-state index is -0.222. The molecule has 1 unspecified atom stereocenters. The monoisotopic (exact) mass is 460 g/mol. The number of aliphatic imine (C=N–C) groups is 1.